The van der Waals surface area contributed by atoms with Crippen LogP contribution in [0, 0.1) is 0 Å². The lowest BCUT2D eigenvalue weighted by molar-refractivity contribution is -0.142. The number of carboxylic acid groups (broad SMARTS) is 1. The van der Waals surface area contributed by atoms with E-state index < -0.39 is 12.0 Å². The summed E-state index contributed by atoms with van der Waals surface area (Å²) >= 11 is 0. The molecule has 2 rings (SSSR count). The SMILES string of the molecule is O=C(O)C1CCCCCN1C(=O)N1CCCOCC1. The number of carbonyl (C=O) groups excluding carboxylic acids is 1. The van der Waals surface area contributed by atoms with E-state index in [9.17, 15) is 14.7 Å². The Morgan fingerprint density at radius 3 is 2.63 bits per heavy atom. The van der Waals surface area contributed by atoms with Crippen LogP contribution in [-0.4, -0.2) is 65.8 Å². The lowest BCUT2D eigenvalue weighted by Crippen LogP contribution is -2.51. The van der Waals surface area contributed by atoms with Gasteiger partial charge in [0.1, 0.15) is 6.04 Å². The predicted molar refractivity (Wildman–Crippen MR) is 69.0 cm³/mol. The minimum absolute atomic E-state index is 0.139. The largest absolute Gasteiger partial charge is 0.480 e. The Hall–Kier alpha value is -1.30. The fourth-order valence-electron chi connectivity index (χ4n) is 2.71. The van der Waals surface area contributed by atoms with Gasteiger partial charge < -0.3 is 19.6 Å². The number of amides is 2. The molecule has 2 aliphatic heterocycles. The summed E-state index contributed by atoms with van der Waals surface area (Å²) in [5.74, 6) is -0.888. The van der Waals surface area contributed by atoms with Gasteiger partial charge in [-0.1, -0.05) is 12.8 Å². The molecule has 0 aromatic carbocycles. The maximum Gasteiger partial charge on any atom is 0.326 e. The number of ether oxygens (including phenoxy) is 1. The Bertz CT molecular complexity index is 327. The Balaban J connectivity index is 2.06. The first-order valence-corrected chi connectivity index (χ1v) is 7.06. The molecule has 1 unspecified atom stereocenters. The maximum atomic E-state index is 12.5. The molecule has 2 amide bonds. The molecule has 6 heteroatoms. The second kappa shape index (κ2) is 6.75. The number of hydrogen-bond acceptors (Lipinski definition) is 3. The first-order chi connectivity index (χ1) is 9.20. The van der Waals surface area contributed by atoms with Gasteiger partial charge in [0, 0.05) is 26.2 Å². The van der Waals surface area contributed by atoms with E-state index in [1.807, 2.05) is 0 Å². The lowest BCUT2D eigenvalue weighted by Gasteiger charge is -2.32. The van der Waals surface area contributed by atoms with Crippen molar-refractivity contribution < 1.29 is 19.4 Å². The summed E-state index contributed by atoms with van der Waals surface area (Å²) in [6.07, 6.45) is 4.14. The van der Waals surface area contributed by atoms with Crippen LogP contribution >= 0.6 is 0 Å². The zero-order chi connectivity index (χ0) is 13.7. The molecule has 0 spiro atoms. The number of carbonyl (C=O) groups is 2. The molecule has 0 aliphatic carbocycles. The average Bonchev–Trinajstić information content (AvgIpc) is 2.80. The highest BCUT2D eigenvalue weighted by Gasteiger charge is 2.33. The van der Waals surface area contributed by atoms with E-state index >= 15 is 0 Å². The highest BCUT2D eigenvalue weighted by molar-refractivity contribution is 5.82. The molecule has 0 aromatic rings. The van der Waals surface area contributed by atoms with Gasteiger partial charge in [0.2, 0.25) is 0 Å². The van der Waals surface area contributed by atoms with E-state index in [2.05, 4.69) is 0 Å². The number of nitrogens with zero attached hydrogens (tertiary/aromatic N) is 2. The van der Waals surface area contributed by atoms with Crippen molar-refractivity contribution >= 4 is 12.0 Å². The number of likely N-dealkylation sites (tertiary alicyclic amines) is 1. The van der Waals surface area contributed by atoms with Crippen molar-refractivity contribution in [2.75, 3.05) is 32.8 Å². The Morgan fingerprint density at radius 2 is 1.84 bits per heavy atom. The summed E-state index contributed by atoms with van der Waals surface area (Å²) < 4.78 is 5.33. The molecule has 2 fully saturated rings. The first-order valence-electron chi connectivity index (χ1n) is 7.06. The molecule has 0 saturated carbocycles. The van der Waals surface area contributed by atoms with Gasteiger partial charge in [0.15, 0.2) is 0 Å². The smallest absolute Gasteiger partial charge is 0.326 e. The van der Waals surface area contributed by atoms with Crippen molar-refractivity contribution in [3.8, 4) is 0 Å². The summed E-state index contributed by atoms with van der Waals surface area (Å²) in [6, 6.07) is -0.807. The molecule has 6 nitrogen and oxygen atoms in total. The monoisotopic (exact) mass is 270 g/mol. The van der Waals surface area contributed by atoms with Crippen LogP contribution in [0.2, 0.25) is 0 Å². The summed E-state index contributed by atoms with van der Waals surface area (Å²) in [5.41, 5.74) is 0. The molecule has 19 heavy (non-hydrogen) atoms. The van der Waals surface area contributed by atoms with Crippen molar-refractivity contribution in [1.82, 2.24) is 9.80 Å². The van der Waals surface area contributed by atoms with Crippen LogP contribution in [0.5, 0.6) is 0 Å². The fourth-order valence-corrected chi connectivity index (χ4v) is 2.71. The number of aliphatic carboxylic acids is 1. The summed E-state index contributed by atoms with van der Waals surface area (Å²) in [6.45, 7) is 2.97. The number of urea groups is 1. The van der Waals surface area contributed by atoms with Crippen molar-refractivity contribution in [1.29, 1.82) is 0 Å². The minimum atomic E-state index is -0.888. The normalized spacial score (nSPS) is 25.6. The molecular weight excluding hydrogens is 248 g/mol. The van der Waals surface area contributed by atoms with Gasteiger partial charge in [0.05, 0.1) is 6.61 Å². The number of hydrogen-bond donors (Lipinski definition) is 1. The van der Waals surface area contributed by atoms with Gasteiger partial charge in [-0.25, -0.2) is 9.59 Å². The van der Waals surface area contributed by atoms with E-state index in [0.29, 0.717) is 39.3 Å². The number of rotatable bonds is 1. The number of carboxylic acids is 1. The third-order valence-electron chi connectivity index (χ3n) is 3.78. The highest BCUT2D eigenvalue weighted by Crippen LogP contribution is 2.19. The van der Waals surface area contributed by atoms with Gasteiger partial charge in [0.25, 0.3) is 0 Å². The second-order valence-electron chi connectivity index (χ2n) is 5.13. The average molecular weight is 270 g/mol. The molecule has 0 bridgehead atoms. The van der Waals surface area contributed by atoms with Gasteiger partial charge in [-0.3, -0.25) is 0 Å². The molecule has 0 aromatic heterocycles. The van der Waals surface area contributed by atoms with Crippen molar-refractivity contribution in [3.05, 3.63) is 0 Å². The minimum Gasteiger partial charge on any atom is -0.480 e. The van der Waals surface area contributed by atoms with Gasteiger partial charge in [-0.2, -0.15) is 0 Å². The summed E-state index contributed by atoms with van der Waals surface area (Å²) in [7, 11) is 0. The molecule has 1 atom stereocenters. The zero-order valence-corrected chi connectivity index (χ0v) is 11.2. The van der Waals surface area contributed by atoms with Crippen LogP contribution in [0.25, 0.3) is 0 Å². The molecule has 1 N–H and O–H groups in total. The van der Waals surface area contributed by atoms with Crippen molar-refractivity contribution in [2.24, 2.45) is 0 Å². The zero-order valence-electron chi connectivity index (χ0n) is 11.2. The predicted octanol–water partition coefficient (Wildman–Crippen LogP) is 1.16. The van der Waals surface area contributed by atoms with E-state index in [-0.39, 0.29) is 6.03 Å². The Kier molecular flexibility index (Phi) is 5.01. The van der Waals surface area contributed by atoms with E-state index in [1.54, 1.807) is 9.80 Å². The van der Waals surface area contributed by atoms with E-state index in [1.165, 1.54) is 0 Å². The standard InChI is InChI=1S/C13H22N2O4/c16-12(17)11-5-2-1-3-7-15(11)13(18)14-6-4-9-19-10-8-14/h11H,1-10H2,(H,16,17). The first kappa shape index (κ1) is 14.1. The van der Waals surface area contributed by atoms with Crippen LogP contribution in [-0.2, 0) is 9.53 Å². The molecule has 2 aliphatic rings. The Morgan fingerprint density at radius 1 is 1.00 bits per heavy atom. The second-order valence-corrected chi connectivity index (χ2v) is 5.13. The van der Waals surface area contributed by atoms with E-state index in [0.717, 1.165) is 25.7 Å². The summed E-state index contributed by atoms with van der Waals surface area (Å²) in [5, 5.41) is 9.30. The third-order valence-corrected chi connectivity index (χ3v) is 3.78. The van der Waals surface area contributed by atoms with E-state index in [4.69, 9.17) is 4.74 Å². The Labute approximate surface area is 113 Å². The highest BCUT2D eigenvalue weighted by atomic mass is 16.5. The maximum absolute atomic E-state index is 12.5. The van der Waals surface area contributed by atoms with Crippen LogP contribution in [0.3, 0.4) is 0 Å². The molecular formula is C13H22N2O4. The van der Waals surface area contributed by atoms with Crippen LogP contribution in [0.1, 0.15) is 32.1 Å². The van der Waals surface area contributed by atoms with Crippen LogP contribution < -0.4 is 0 Å². The molecule has 0 radical (unpaired) electrons. The third kappa shape index (κ3) is 3.59. The van der Waals surface area contributed by atoms with Crippen LogP contribution in [0.15, 0.2) is 0 Å². The molecule has 2 saturated heterocycles. The topological polar surface area (TPSA) is 70.1 Å². The molecule has 108 valence electrons. The van der Waals surface area contributed by atoms with Crippen molar-refractivity contribution in [2.45, 2.75) is 38.1 Å². The molecule has 2 heterocycles. The van der Waals surface area contributed by atoms with Gasteiger partial charge in [-0.15, -0.1) is 0 Å². The quantitative estimate of drug-likeness (QED) is 0.776. The van der Waals surface area contributed by atoms with Gasteiger partial charge >= 0.3 is 12.0 Å². The van der Waals surface area contributed by atoms with Gasteiger partial charge in [-0.05, 0) is 19.3 Å². The van der Waals surface area contributed by atoms with Crippen molar-refractivity contribution in [3.63, 3.8) is 0 Å². The lowest BCUT2D eigenvalue weighted by atomic mass is 10.1. The fraction of sp³-hybridized carbons (Fsp3) is 0.846. The van der Waals surface area contributed by atoms with Crippen LogP contribution in [0.4, 0.5) is 4.79 Å². The summed E-state index contributed by atoms with van der Waals surface area (Å²) in [4.78, 5) is 27.1.